The Morgan fingerprint density at radius 2 is 1.14 bits per heavy atom. The Bertz CT molecular complexity index is 3080. The van der Waals surface area contributed by atoms with Crippen molar-refractivity contribution in [1.82, 2.24) is 10.6 Å². The van der Waals surface area contributed by atoms with Crippen LogP contribution in [0.5, 0.6) is 5.75 Å². The lowest BCUT2D eigenvalue weighted by molar-refractivity contribution is -0.306. The molecule has 0 saturated carbocycles. The molecular formula is C81H123N3O22. The van der Waals surface area contributed by atoms with Crippen LogP contribution in [0.2, 0.25) is 0 Å². The lowest BCUT2D eigenvalue weighted by Crippen LogP contribution is -2.58. The lowest BCUT2D eigenvalue weighted by Gasteiger charge is -2.40. The Morgan fingerprint density at radius 1 is 0.613 bits per heavy atom. The van der Waals surface area contributed by atoms with E-state index in [1.165, 1.54) is 49.4 Å². The van der Waals surface area contributed by atoms with Crippen molar-refractivity contribution in [3.63, 3.8) is 0 Å². The van der Waals surface area contributed by atoms with Gasteiger partial charge in [-0.25, -0.2) is 0 Å². The van der Waals surface area contributed by atoms with Gasteiger partial charge in [-0.15, -0.1) is 0 Å². The van der Waals surface area contributed by atoms with Crippen molar-refractivity contribution < 1.29 is 110 Å². The largest absolute Gasteiger partial charge is 0.510 e. The first-order chi connectivity index (χ1) is 50.4. The van der Waals surface area contributed by atoms with Crippen LogP contribution in [0, 0.1) is 17.8 Å². The number of rotatable bonds is 49. The number of ketones is 2. The van der Waals surface area contributed by atoms with Crippen molar-refractivity contribution in [2.24, 2.45) is 23.5 Å². The summed E-state index contributed by atoms with van der Waals surface area (Å²) in [7, 11) is 0. The van der Waals surface area contributed by atoms with Crippen LogP contribution in [0.15, 0.2) is 182 Å². The smallest absolute Gasteiger partial charge is 0.248 e. The van der Waals surface area contributed by atoms with Crippen molar-refractivity contribution in [2.45, 2.75) is 261 Å². The number of hydrogen-bond donors (Lipinski definition) is 19. The fourth-order valence-electron chi connectivity index (χ4n) is 11.3. The van der Waals surface area contributed by atoms with Gasteiger partial charge in [-0.05, 0) is 109 Å². The number of nitrogens with two attached hydrogens (primary N) is 1. The molecule has 1 fully saturated rings. The number of ether oxygens (including phenoxy) is 2. The van der Waals surface area contributed by atoms with Gasteiger partial charge in [0.05, 0.1) is 85.4 Å². The van der Waals surface area contributed by atoms with E-state index >= 15 is 0 Å². The zero-order valence-electron chi connectivity index (χ0n) is 62.2. The molecule has 1 aliphatic heterocycles. The van der Waals surface area contributed by atoms with Crippen molar-refractivity contribution in [3.05, 3.63) is 187 Å². The predicted octanol–water partition coefficient (Wildman–Crippen LogP) is 5.45. The molecule has 0 spiro atoms. The number of Topliss-reactive ketones (excluding diaryl/α,β-unsaturated/α-hetero) is 2. The number of nitrogens with one attached hydrogen (secondary N) is 2. The maximum atomic E-state index is 12.9. The minimum atomic E-state index is -1.54. The number of amides is 2. The summed E-state index contributed by atoms with van der Waals surface area (Å²) in [5.74, 6) is -2.52. The molecule has 0 aromatic heterocycles. The van der Waals surface area contributed by atoms with Gasteiger partial charge >= 0.3 is 0 Å². The standard InChI is InChI=1S/C46H78N2O17.C35H45NO5/c1-4-41(65-46-44(62)43(61)42(60)27(3)64-46)26(2)40(59)25-38(58)24-37(57)22-33(53)11-6-10-32(52)21-36(56)23-35(55)20-31(51)9-5-8-30(50)19-34(54)12-7-17-48-45(63)39(47)18-28-13-15-29(49)16-14-28;1-4-5-6-7-8-11-15-18-21-24-30(37)29(3)35(41)28(2)23-20-17-14-12-9-10-13-16-19-22-25-33(40)36-34-31(38)26-27-32(34)39/h5-6,9,11,13-16,26-27,30-39,41-44,46,49-58,60-62H,4,7-8,10,12,17-25,47H2,1-3H3,(H,48,63);4-13,15-16,18-25,28-30,35,37-38,41H,14,17,26-27H2,1-3H3,(H,36,40)/b9-5+,11-6+;5-4+,7-6+,11-8+,12-9+,13-10+,18-15+,19-16+,23-20+,24-21+,25-22+. The summed E-state index contributed by atoms with van der Waals surface area (Å²) in [5, 5.41) is 169. The highest BCUT2D eigenvalue weighted by Crippen LogP contribution is 2.28. The zero-order chi connectivity index (χ0) is 79.1. The van der Waals surface area contributed by atoms with E-state index in [1.54, 1.807) is 56.4 Å². The Balaban J connectivity index is 0.000000799. The monoisotopic (exact) mass is 1490 g/mol. The molecule has 0 bridgehead atoms. The number of unbranched alkanes of at least 4 members (excludes halogenated alkanes) is 1. The average molecular weight is 1490 g/mol. The number of phenolic OH excluding ortho intramolecular Hbond substituents is 1. The van der Waals surface area contributed by atoms with Crippen LogP contribution in [-0.4, -0.2) is 222 Å². The molecule has 3 rings (SSSR count). The van der Waals surface area contributed by atoms with Crippen LogP contribution in [0.1, 0.15) is 150 Å². The van der Waals surface area contributed by atoms with Gasteiger partial charge in [-0.2, -0.15) is 0 Å². The minimum absolute atomic E-state index is 0.00676. The molecule has 25 nitrogen and oxygen atoms in total. The molecular weight excluding hydrogens is 1370 g/mol. The zero-order valence-corrected chi connectivity index (χ0v) is 62.2. The lowest BCUT2D eigenvalue weighted by atomic mass is 9.88. The van der Waals surface area contributed by atoms with E-state index in [0.717, 1.165) is 18.4 Å². The summed E-state index contributed by atoms with van der Waals surface area (Å²) >= 11 is 0. The maximum Gasteiger partial charge on any atom is 0.248 e. The molecule has 106 heavy (non-hydrogen) atoms. The molecule has 1 aliphatic carbocycles. The highest BCUT2D eigenvalue weighted by atomic mass is 16.7. The molecule has 1 aromatic rings. The van der Waals surface area contributed by atoms with Crippen molar-refractivity contribution in [1.29, 1.82) is 0 Å². The third-order valence-electron chi connectivity index (χ3n) is 17.7. The summed E-state index contributed by atoms with van der Waals surface area (Å²) in [5.41, 5.74) is 6.75. The van der Waals surface area contributed by atoms with Crippen molar-refractivity contribution in [2.75, 3.05) is 6.54 Å². The van der Waals surface area contributed by atoms with Gasteiger partial charge in [0, 0.05) is 62.5 Å². The molecule has 25 heteroatoms. The first-order valence-electron chi connectivity index (χ1n) is 36.8. The van der Waals surface area contributed by atoms with Crippen LogP contribution in [0.4, 0.5) is 0 Å². The number of aliphatic hydroxyl groups is 15. The Labute approximate surface area is 625 Å². The van der Waals surface area contributed by atoms with Gasteiger partial charge in [0.1, 0.15) is 41.3 Å². The van der Waals surface area contributed by atoms with Crippen LogP contribution < -0.4 is 16.4 Å². The second-order valence-corrected chi connectivity index (χ2v) is 27.1. The van der Waals surface area contributed by atoms with Gasteiger partial charge in [0.15, 0.2) is 12.1 Å². The van der Waals surface area contributed by atoms with Gasteiger partial charge < -0.3 is 108 Å². The first-order valence-corrected chi connectivity index (χ1v) is 36.8. The Morgan fingerprint density at radius 3 is 1.72 bits per heavy atom. The number of aliphatic hydroxyl groups excluding tert-OH is 15. The number of benzene rings is 1. The number of carbonyl (C=O) groups excluding carboxylic acids is 4. The third kappa shape index (κ3) is 41.4. The highest BCUT2D eigenvalue weighted by molar-refractivity contribution is 6.03. The third-order valence-corrected chi connectivity index (χ3v) is 17.7. The van der Waals surface area contributed by atoms with E-state index < -0.39 is 122 Å². The number of carbonyl (C=O) groups is 4. The van der Waals surface area contributed by atoms with Crippen molar-refractivity contribution >= 4 is 23.4 Å². The van der Waals surface area contributed by atoms with Gasteiger partial charge in [0.25, 0.3) is 0 Å². The van der Waals surface area contributed by atoms with Crippen LogP contribution >= 0.6 is 0 Å². The summed E-state index contributed by atoms with van der Waals surface area (Å²) < 4.78 is 11.3. The van der Waals surface area contributed by atoms with E-state index in [2.05, 4.69) is 10.6 Å². The molecule has 2 amide bonds. The number of allylic oxidation sites excluding steroid dienone is 19. The van der Waals surface area contributed by atoms with Crippen LogP contribution in [0.25, 0.3) is 0 Å². The van der Waals surface area contributed by atoms with Crippen molar-refractivity contribution in [3.8, 4) is 5.75 Å². The van der Waals surface area contributed by atoms with Crippen LogP contribution in [0.3, 0.4) is 0 Å². The number of phenols is 1. The number of hydrogen-bond acceptors (Lipinski definition) is 23. The molecule has 0 radical (unpaired) electrons. The van der Waals surface area contributed by atoms with E-state index in [4.69, 9.17) is 15.2 Å². The summed E-state index contributed by atoms with van der Waals surface area (Å²) in [6, 6.07) is 5.63. The summed E-state index contributed by atoms with van der Waals surface area (Å²) in [6.45, 7) is 10.9. The predicted molar refractivity (Wildman–Crippen MR) is 406 cm³/mol. The van der Waals surface area contributed by atoms with Crippen LogP contribution in [-0.2, 0) is 35.1 Å². The van der Waals surface area contributed by atoms with E-state index in [0.29, 0.717) is 32.2 Å². The molecule has 2 aliphatic rings. The molecule has 594 valence electrons. The maximum absolute atomic E-state index is 12.9. The van der Waals surface area contributed by atoms with E-state index in [1.807, 2.05) is 106 Å². The van der Waals surface area contributed by atoms with Gasteiger partial charge in [-0.3, -0.25) is 19.2 Å². The summed E-state index contributed by atoms with van der Waals surface area (Å²) in [4.78, 5) is 48.5. The highest BCUT2D eigenvalue weighted by Gasteiger charge is 2.44. The Kier molecular flexibility index (Phi) is 49.0. The topological polar surface area (TPSA) is 461 Å². The normalized spacial score (nSPS) is 22.5. The van der Waals surface area contributed by atoms with E-state index in [9.17, 15) is 101 Å². The fourth-order valence-corrected chi connectivity index (χ4v) is 11.3. The molecule has 1 aromatic carbocycles. The molecule has 21 unspecified atom stereocenters. The molecule has 21 atom stereocenters. The second kappa shape index (κ2) is 54.6. The SMILES string of the molecule is C/C=C/C=C/C=C/C=C/C=C/C(O)C(C)C(O)C(C)/C=C/CC/C=C/C=C/C=C/C=C/C(=O)NC1=C(O)CCC1=O.CCC(OC1OC(C)C(O)C(O)C1O)C(C)C(=O)CC(O)CC(O)CC(O)/C=C/CC(O)CC(O)CC(O)CC(O)/C=C/CC(O)CC(O)CCCNC(=O)C(N)Cc1ccc(O)cc1. The molecule has 1 heterocycles. The molecule has 1 saturated heterocycles. The average Bonchev–Trinajstić information content (AvgIpc) is 0.966. The first kappa shape index (κ1) is 95.1. The minimum Gasteiger partial charge on any atom is -0.510 e. The number of aromatic hydroxyl groups is 1. The quantitative estimate of drug-likeness (QED) is 0.0167. The Hall–Kier alpha value is -6.96. The fraction of sp³-hybridized carbons (Fsp3) is 0.556. The summed E-state index contributed by atoms with van der Waals surface area (Å²) in [6.07, 6.45) is 27.1. The molecule has 20 N–H and O–H groups in total. The van der Waals surface area contributed by atoms with Gasteiger partial charge in [-0.1, -0.05) is 180 Å². The van der Waals surface area contributed by atoms with Gasteiger partial charge in [0.2, 0.25) is 11.8 Å². The van der Waals surface area contributed by atoms with E-state index in [-0.39, 0.29) is 117 Å². The second-order valence-electron chi connectivity index (χ2n) is 27.1.